The van der Waals surface area contributed by atoms with Crippen LogP contribution in [0.2, 0.25) is 0 Å². The molecule has 0 bridgehead atoms. The van der Waals surface area contributed by atoms with Gasteiger partial charge in [0.25, 0.3) is 0 Å². The number of nitrogens with one attached hydrogen (secondary N) is 1. The quantitative estimate of drug-likeness (QED) is 0.659. The van der Waals surface area contributed by atoms with Gasteiger partial charge in [0.2, 0.25) is 5.91 Å². The maximum absolute atomic E-state index is 14.2. The molecule has 2 saturated heterocycles. The van der Waals surface area contributed by atoms with Crippen LogP contribution in [0.1, 0.15) is 70.7 Å². The number of piperidine rings is 1. The third-order valence-electron chi connectivity index (χ3n) is 7.61. The number of nitrogens with zero attached hydrogens (tertiary/aromatic N) is 2. The smallest absolute Gasteiger partial charge is 0.233 e. The molecule has 2 aliphatic heterocycles. The molecule has 1 N–H and O–H groups in total. The molecule has 32 heavy (non-hydrogen) atoms. The van der Waals surface area contributed by atoms with Gasteiger partial charge in [-0.1, -0.05) is 67.1 Å². The van der Waals surface area contributed by atoms with Crippen molar-refractivity contribution in [3.8, 4) is 0 Å². The number of rotatable bonds is 7. The highest BCUT2D eigenvalue weighted by Gasteiger charge is 2.55. The van der Waals surface area contributed by atoms with Crippen LogP contribution in [0.5, 0.6) is 0 Å². The van der Waals surface area contributed by atoms with E-state index in [1.165, 1.54) is 18.4 Å². The second kappa shape index (κ2) is 9.76. The van der Waals surface area contributed by atoms with Crippen molar-refractivity contribution in [3.63, 3.8) is 0 Å². The molecule has 0 aromatic heterocycles. The van der Waals surface area contributed by atoms with E-state index in [9.17, 15) is 4.79 Å². The summed E-state index contributed by atoms with van der Waals surface area (Å²) in [6.07, 6.45) is 4.22. The van der Waals surface area contributed by atoms with Crippen molar-refractivity contribution >= 4 is 5.91 Å². The summed E-state index contributed by atoms with van der Waals surface area (Å²) < 4.78 is 0. The van der Waals surface area contributed by atoms with Gasteiger partial charge >= 0.3 is 0 Å². The van der Waals surface area contributed by atoms with E-state index in [1.54, 1.807) is 0 Å². The maximum atomic E-state index is 14.2. The van der Waals surface area contributed by atoms with Gasteiger partial charge in [0.15, 0.2) is 0 Å². The first-order valence-electron chi connectivity index (χ1n) is 12.4. The first-order chi connectivity index (χ1) is 15.4. The zero-order valence-electron chi connectivity index (χ0n) is 20.1. The minimum atomic E-state index is -0.533. The molecule has 172 valence electrons. The second-order valence-corrected chi connectivity index (χ2v) is 10.0. The SMILES string of the molecule is CC(C)N(CCC1(c2ccccc2)C(=O)NC(c2ccccc2)N2CCCCC21)C(C)C. The Hall–Kier alpha value is -2.17. The fraction of sp³-hybridized carbons (Fsp3) is 0.536. The number of fused-ring (bicyclic) bond motifs is 1. The Balaban J connectivity index is 1.76. The van der Waals surface area contributed by atoms with Crippen LogP contribution >= 0.6 is 0 Å². The van der Waals surface area contributed by atoms with Gasteiger partial charge < -0.3 is 5.32 Å². The molecule has 2 aliphatic rings. The van der Waals surface area contributed by atoms with E-state index in [-0.39, 0.29) is 18.1 Å². The molecule has 3 unspecified atom stereocenters. The molecule has 1 amide bonds. The van der Waals surface area contributed by atoms with Crippen LogP contribution in [0.4, 0.5) is 0 Å². The lowest BCUT2D eigenvalue weighted by molar-refractivity contribution is -0.143. The molecule has 4 heteroatoms. The molecule has 0 spiro atoms. The summed E-state index contributed by atoms with van der Waals surface area (Å²) in [5, 5.41) is 3.47. The van der Waals surface area contributed by atoms with Crippen molar-refractivity contribution < 1.29 is 4.79 Å². The predicted octanol–water partition coefficient (Wildman–Crippen LogP) is 5.12. The summed E-state index contributed by atoms with van der Waals surface area (Å²) in [4.78, 5) is 19.3. The molecule has 0 saturated carbocycles. The topological polar surface area (TPSA) is 35.6 Å². The highest BCUT2D eigenvalue weighted by molar-refractivity contribution is 5.90. The molecule has 2 heterocycles. The number of benzene rings is 2. The molecule has 0 radical (unpaired) electrons. The van der Waals surface area contributed by atoms with Crippen LogP contribution in [-0.4, -0.2) is 46.9 Å². The van der Waals surface area contributed by atoms with E-state index < -0.39 is 5.41 Å². The van der Waals surface area contributed by atoms with E-state index in [1.807, 2.05) is 6.07 Å². The average Bonchev–Trinajstić information content (AvgIpc) is 2.81. The van der Waals surface area contributed by atoms with Gasteiger partial charge in [-0.15, -0.1) is 0 Å². The van der Waals surface area contributed by atoms with Gasteiger partial charge in [0.1, 0.15) is 6.17 Å². The lowest BCUT2D eigenvalue weighted by atomic mass is 9.66. The number of carbonyl (C=O) groups excluding carboxylic acids is 1. The first-order valence-corrected chi connectivity index (χ1v) is 12.4. The zero-order valence-corrected chi connectivity index (χ0v) is 20.1. The summed E-state index contributed by atoms with van der Waals surface area (Å²) in [6, 6.07) is 22.2. The first kappa shape index (κ1) is 23.0. The van der Waals surface area contributed by atoms with Crippen molar-refractivity contribution in [2.45, 2.75) is 83.1 Å². The Morgan fingerprint density at radius 3 is 2.22 bits per heavy atom. The van der Waals surface area contributed by atoms with E-state index in [0.29, 0.717) is 12.1 Å². The highest BCUT2D eigenvalue weighted by atomic mass is 16.2. The molecular formula is C28H39N3O. The van der Waals surface area contributed by atoms with Gasteiger partial charge in [0.05, 0.1) is 5.41 Å². The van der Waals surface area contributed by atoms with E-state index in [0.717, 1.165) is 31.5 Å². The summed E-state index contributed by atoms with van der Waals surface area (Å²) in [7, 11) is 0. The lowest BCUT2D eigenvalue weighted by Crippen LogP contribution is -2.68. The minimum Gasteiger partial charge on any atom is -0.336 e. The maximum Gasteiger partial charge on any atom is 0.233 e. The van der Waals surface area contributed by atoms with E-state index in [2.05, 4.69) is 97.4 Å². The third-order valence-corrected chi connectivity index (χ3v) is 7.61. The summed E-state index contributed by atoms with van der Waals surface area (Å²) in [6.45, 7) is 11.0. The summed E-state index contributed by atoms with van der Waals surface area (Å²) >= 11 is 0. The molecule has 4 rings (SSSR count). The fourth-order valence-corrected chi connectivity index (χ4v) is 6.09. The molecule has 2 aromatic carbocycles. The number of carbonyl (C=O) groups is 1. The third kappa shape index (κ3) is 4.23. The van der Waals surface area contributed by atoms with Crippen molar-refractivity contribution in [1.29, 1.82) is 0 Å². The Bertz CT molecular complexity index is 874. The van der Waals surface area contributed by atoms with Crippen LogP contribution in [-0.2, 0) is 10.2 Å². The largest absolute Gasteiger partial charge is 0.336 e. The highest BCUT2D eigenvalue weighted by Crippen LogP contribution is 2.45. The average molecular weight is 434 g/mol. The summed E-state index contributed by atoms with van der Waals surface area (Å²) in [5.41, 5.74) is 1.81. The van der Waals surface area contributed by atoms with Gasteiger partial charge in [-0.3, -0.25) is 14.6 Å². The van der Waals surface area contributed by atoms with Crippen molar-refractivity contribution in [3.05, 3.63) is 71.8 Å². The van der Waals surface area contributed by atoms with Gasteiger partial charge in [-0.25, -0.2) is 0 Å². The molecular weight excluding hydrogens is 394 g/mol. The molecule has 2 fully saturated rings. The van der Waals surface area contributed by atoms with Crippen LogP contribution in [0.3, 0.4) is 0 Å². The second-order valence-electron chi connectivity index (χ2n) is 10.0. The summed E-state index contributed by atoms with van der Waals surface area (Å²) in [5.74, 6) is 0.188. The Kier molecular flexibility index (Phi) is 7.02. The van der Waals surface area contributed by atoms with E-state index >= 15 is 0 Å². The van der Waals surface area contributed by atoms with Crippen LogP contribution < -0.4 is 5.32 Å². The van der Waals surface area contributed by atoms with Crippen molar-refractivity contribution in [2.24, 2.45) is 0 Å². The lowest BCUT2D eigenvalue weighted by Gasteiger charge is -2.55. The van der Waals surface area contributed by atoms with Crippen LogP contribution in [0, 0.1) is 0 Å². The zero-order chi connectivity index (χ0) is 22.7. The Morgan fingerprint density at radius 2 is 1.59 bits per heavy atom. The van der Waals surface area contributed by atoms with Crippen molar-refractivity contribution in [1.82, 2.24) is 15.1 Å². The molecule has 0 aliphatic carbocycles. The number of hydrogen-bond donors (Lipinski definition) is 1. The molecule has 3 atom stereocenters. The van der Waals surface area contributed by atoms with Gasteiger partial charge in [-0.05, 0) is 58.1 Å². The van der Waals surface area contributed by atoms with E-state index in [4.69, 9.17) is 0 Å². The normalized spacial score (nSPS) is 26.4. The molecule has 2 aromatic rings. The Labute approximate surface area is 194 Å². The molecule has 4 nitrogen and oxygen atoms in total. The van der Waals surface area contributed by atoms with Gasteiger partial charge in [-0.2, -0.15) is 0 Å². The monoisotopic (exact) mass is 433 g/mol. The van der Waals surface area contributed by atoms with Crippen molar-refractivity contribution in [2.75, 3.05) is 13.1 Å². The predicted molar refractivity (Wildman–Crippen MR) is 131 cm³/mol. The Morgan fingerprint density at radius 1 is 0.969 bits per heavy atom. The minimum absolute atomic E-state index is 0.0443. The standard InChI is InChI=1S/C28H39N3O/c1-21(2)30(22(3)4)20-18-28(24-15-9-6-10-16-24)25-17-11-12-19-31(25)26(29-27(28)32)23-13-7-5-8-14-23/h5-10,13-16,21-22,25-26H,11-12,17-20H2,1-4H3,(H,29,32). The number of hydrogen-bond acceptors (Lipinski definition) is 3. The van der Waals surface area contributed by atoms with Crippen LogP contribution in [0.15, 0.2) is 60.7 Å². The van der Waals surface area contributed by atoms with Gasteiger partial charge in [0, 0.05) is 31.2 Å². The fourth-order valence-electron chi connectivity index (χ4n) is 6.09. The number of amides is 1. The van der Waals surface area contributed by atoms with Crippen LogP contribution in [0.25, 0.3) is 0 Å².